The second-order valence-corrected chi connectivity index (χ2v) is 5.69. The molecular formula is C18H18FN3O2. The Labute approximate surface area is 139 Å². The summed E-state index contributed by atoms with van der Waals surface area (Å²) in [5.41, 5.74) is 1.21. The van der Waals surface area contributed by atoms with Crippen LogP contribution in [0, 0.1) is 5.82 Å². The number of benzene rings is 2. The zero-order valence-corrected chi connectivity index (χ0v) is 13.1. The standard InChI is InChI=1S/C18H18FN3O2/c19-15-6-2-4-8-17(15)22-16-7-3-1-5-14(16)18(21-22)24-12-13-11-20-9-10-23-13/h1-8,13,20H,9-12H2/t13-/m1/s1. The molecule has 1 atom stereocenters. The van der Waals surface area contributed by atoms with Crippen LogP contribution in [0.4, 0.5) is 4.39 Å². The Kier molecular flexibility index (Phi) is 4.15. The van der Waals surface area contributed by atoms with Crippen LogP contribution in [0.5, 0.6) is 5.88 Å². The van der Waals surface area contributed by atoms with Gasteiger partial charge in [-0.2, -0.15) is 0 Å². The average Bonchev–Trinajstić information content (AvgIpc) is 3.00. The maximum Gasteiger partial charge on any atom is 0.241 e. The predicted molar refractivity (Wildman–Crippen MR) is 89.1 cm³/mol. The number of hydrogen-bond acceptors (Lipinski definition) is 4. The molecule has 6 heteroatoms. The van der Waals surface area contributed by atoms with Crippen LogP contribution in [0.2, 0.25) is 0 Å². The van der Waals surface area contributed by atoms with Gasteiger partial charge in [-0.15, -0.1) is 5.10 Å². The number of rotatable bonds is 4. The van der Waals surface area contributed by atoms with Crippen LogP contribution in [-0.2, 0) is 4.74 Å². The molecular weight excluding hydrogens is 309 g/mol. The maximum absolute atomic E-state index is 14.2. The quantitative estimate of drug-likeness (QED) is 0.800. The summed E-state index contributed by atoms with van der Waals surface area (Å²) in [5.74, 6) is 0.167. The molecule has 5 nitrogen and oxygen atoms in total. The minimum atomic E-state index is -0.322. The van der Waals surface area contributed by atoms with E-state index in [1.54, 1.807) is 22.9 Å². The van der Waals surface area contributed by atoms with Gasteiger partial charge in [-0.1, -0.05) is 24.3 Å². The van der Waals surface area contributed by atoms with Crippen molar-refractivity contribution in [1.29, 1.82) is 0 Å². The van der Waals surface area contributed by atoms with Gasteiger partial charge in [-0.25, -0.2) is 9.07 Å². The molecule has 0 amide bonds. The summed E-state index contributed by atoms with van der Waals surface area (Å²) in [6.45, 7) is 2.71. The van der Waals surface area contributed by atoms with Gasteiger partial charge in [0.05, 0.1) is 17.5 Å². The maximum atomic E-state index is 14.2. The van der Waals surface area contributed by atoms with Gasteiger partial charge in [-0.05, 0) is 24.3 Å². The first kappa shape index (κ1) is 15.1. The van der Waals surface area contributed by atoms with E-state index in [0.29, 0.717) is 24.8 Å². The van der Waals surface area contributed by atoms with Crippen molar-refractivity contribution >= 4 is 10.9 Å². The van der Waals surface area contributed by atoms with Crippen molar-refractivity contribution in [3.05, 3.63) is 54.3 Å². The number of nitrogens with zero attached hydrogens (tertiary/aromatic N) is 2. The number of fused-ring (bicyclic) bond motifs is 1. The summed E-state index contributed by atoms with van der Waals surface area (Å²) in [6.07, 6.45) is -0.00359. The Morgan fingerprint density at radius 2 is 2.04 bits per heavy atom. The van der Waals surface area contributed by atoms with Crippen molar-refractivity contribution in [2.45, 2.75) is 6.10 Å². The van der Waals surface area contributed by atoms with Crippen LogP contribution >= 0.6 is 0 Å². The molecule has 0 unspecified atom stereocenters. The Bertz CT molecular complexity index is 843. The molecule has 3 aromatic rings. The lowest BCUT2D eigenvalue weighted by Gasteiger charge is -2.23. The molecule has 1 fully saturated rings. The van der Waals surface area contributed by atoms with Crippen LogP contribution in [0.3, 0.4) is 0 Å². The van der Waals surface area contributed by atoms with Gasteiger partial charge in [0, 0.05) is 13.1 Å². The molecule has 0 bridgehead atoms. The fourth-order valence-electron chi connectivity index (χ4n) is 2.85. The smallest absolute Gasteiger partial charge is 0.241 e. The van der Waals surface area contributed by atoms with E-state index >= 15 is 0 Å². The van der Waals surface area contributed by atoms with E-state index in [2.05, 4.69) is 10.4 Å². The van der Waals surface area contributed by atoms with E-state index in [4.69, 9.17) is 9.47 Å². The van der Waals surface area contributed by atoms with Gasteiger partial charge in [0.2, 0.25) is 5.88 Å². The van der Waals surface area contributed by atoms with E-state index in [0.717, 1.165) is 24.0 Å². The van der Waals surface area contributed by atoms with E-state index in [9.17, 15) is 4.39 Å². The van der Waals surface area contributed by atoms with Crippen molar-refractivity contribution in [3.8, 4) is 11.6 Å². The number of aromatic nitrogens is 2. The van der Waals surface area contributed by atoms with Crippen molar-refractivity contribution in [2.24, 2.45) is 0 Å². The monoisotopic (exact) mass is 327 g/mol. The third-order valence-electron chi connectivity index (χ3n) is 4.04. The fourth-order valence-corrected chi connectivity index (χ4v) is 2.85. The zero-order valence-electron chi connectivity index (χ0n) is 13.1. The Morgan fingerprint density at radius 1 is 1.21 bits per heavy atom. The Hall–Kier alpha value is -2.44. The van der Waals surface area contributed by atoms with Crippen molar-refractivity contribution < 1.29 is 13.9 Å². The lowest BCUT2D eigenvalue weighted by Crippen LogP contribution is -2.41. The molecule has 0 saturated carbocycles. The normalized spacial score (nSPS) is 18.0. The highest BCUT2D eigenvalue weighted by molar-refractivity contribution is 5.86. The van der Waals surface area contributed by atoms with Crippen LogP contribution in [0.1, 0.15) is 0 Å². The van der Waals surface area contributed by atoms with E-state index in [1.165, 1.54) is 6.07 Å². The summed E-state index contributed by atoms with van der Waals surface area (Å²) < 4.78 is 27.3. The van der Waals surface area contributed by atoms with Gasteiger partial charge in [0.15, 0.2) is 0 Å². The van der Waals surface area contributed by atoms with Crippen molar-refractivity contribution in [1.82, 2.24) is 15.1 Å². The molecule has 24 heavy (non-hydrogen) atoms. The molecule has 4 rings (SSSR count). The van der Waals surface area contributed by atoms with Crippen LogP contribution in [0.25, 0.3) is 16.6 Å². The highest BCUT2D eigenvalue weighted by atomic mass is 19.1. The van der Waals surface area contributed by atoms with E-state index in [1.807, 2.05) is 24.3 Å². The molecule has 124 valence electrons. The summed E-state index contributed by atoms with van der Waals surface area (Å²) in [5, 5.41) is 8.60. The van der Waals surface area contributed by atoms with Gasteiger partial charge >= 0.3 is 0 Å². The second kappa shape index (κ2) is 6.59. The molecule has 2 heterocycles. The zero-order chi connectivity index (χ0) is 16.4. The topological polar surface area (TPSA) is 48.3 Å². The summed E-state index contributed by atoms with van der Waals surface area (Å²) >= 11 is 0. The number of nitrogens with one attached hydrogen (secondary N) is 1. The lowest BCUT2D eigenvalue weighted by molar-refractivity contribution is -0.000507. The number of morpholine rings is 1. The Morgan fingerprint density at radius 3 is 2.88 bits per heavy atom. The van der Waals surface area contributed by atoms with Crippen molar-refractivity contribution in [2.75, 3.05) is 26.3 Å². The fraction of sp³-hybridized carbons (Fsp3) is 0.278. The molecule has 0 radical (unpaired) electrons. The molecule has 1 aliphatic rings. The largest absolute Gasteiger partial charge is 0.473 e. The van der Waals surface area contributed by atoms with Crippen molar-refractivity contribution in [3.63, 3.8) is 0 Å². The first-order chi connectivity index (χ1) is 11.8. The molecule has 1 saturated heterocycles. The Balaban J connectivity index is 1.67. The molecule has 1 aromatic heterocycles. The first-order valence-electron chi connectivity index (χ1n) is 8.01. The molecule has 2 aromatic carbocycles. The SMILES string of the molecule is Fc1ccccc1-n1nc(OC[C@H]2CNCCO2)c2ccccc21. The average molecular weight is 327 g/mol. The van der Waals surface area contributed by atoms with Gasteiger partial charge in [0.1, 0.15) is 24.2 Å². The molecule has 1 N–H and O–H groups in total. The molecule has 0 spiro atoms. The second-order valence-electron chi connectivity index (χ2n) is 5.69. The number of ether oxygens (including phenoxy) is 2. The molecule has 1 aliphatic heterocycles. The third kappa shape index (κ3) is 2.86. The highest BCUT2D eigenvalue weighted by Crippen LogP contribution is 2.28. The minimum Gasteiger partial charge on any atom is -0.473 e. The van der Waals surface area contributed by atoms with Crippen LogP contribution in [0.15, 0.2) is 48.5 Å². The summed E-state index contributed by atoms with van der Waals surface area (Å²) in [6, 6.07) is 14.2. The van der Waals surface area contributed by atoms with Crippen LogP contribution < -0.4 is 10.1 Å². The van der Waals surface area contributed by atoms with E-state index in [-0.39, 0.29) is 11.9 Å². The summed E-state index contributed by atoms with van der Waals surface area (Å²) in [7, 11) is 0. The van der Waals surface area contributed by atoms with Gasteiger partial charge < -0.3 is 14.8 Å². The summed E-state index contributed by atoms with van der Waals surface area (Å²) in [4.78, 5) is 0. The number of para-hydroxylation sites is 2. The van der Waals surface area contributed by atoms with Crippen LogP contribution in [-0.4, -0.2) is 42.2 Å². The molecule has 0 aliphatic carbocycles. The predicted octanol–water partition coefficient (Wildman–Crippen LogP) is 2.53. The van der Waals surface area contributed by atoms with Gasteiger partial charge in [-0.3, -0.25) is 0 Å². The van der Waals surface area contributed by atoms with E-state index < -0.39 is 0 Å². The number of hydrogen-bond donors (Lipinski definition) is 1. The van der Waals surface area contributed by atoms with Gasteiger partial charge in [0.25, 0.3) is 0 Å². The first-order valence-corrected chi connectivity index (χ1v) is 8.01. The number of halogens is 1. The highest BCUT2D eigenvalue weighted by Gasteiger charge is 2.18. The lowest BCUT2D eigenvalue weighted by atomic mass is 10.2. The third-order valence-corrected chi connectivity index (χ3v) is 4.04. The minimum absolute atomic E-state index is 0.00359.